The number of hydrogen-bond acceptors (Lipinski definition) is 1. The molecule has 17 heavy (non-hydrogen) atoms. The van der Waals surface area contributed by atoms with Gasteiger partial charge >= 0.3 is 0 Å². The normalized spacial score (nSPS) is 19.1. The highest BCUT2D eigenvalue weighted by Crippen LogP contribution is 2.21. The Kier molecular flexibility index (Phi) is 5.02. The average molecular weight is 234 g/mol. The number of rotatable bonds is 5. The second kappa shape index (κ2) is 6.77. The van der Waals surface area contributed by atoms with Crippen LogP contribution < -0.4 is 5.32 Å². The molecule has 0 aromatic heterocycles. The molecule has 2 rings (SSSR count). The number of aliphatic hydroxyl groups excluding tert-OH is 1. The van der Waals surface area contributed by atoms with Crippen LogP contribution in [0.5, 0.6) is 0 Å². The minimum absolute atomic E-state index is 0.320. The van der Waals surface area contributed by atoms with Gasteiger partial charge in [0.25, 0.3) is 0 Å². The van der Waals surface area contributed by atoms with Crippen molar-refractivity contribution in [3.05, 3.63) is 35.9 Å². The summed E-state index contributed by atoms with van der Waals surface area (Å²) in [6.07, 6.45) is 6.68. The largest absolute Gasteiger partial charge is 0.382 e. The molecule has 0 spiro atoms. The lowest BCUT2D eigenvalue weighted by Crippen LogP contribution is -2.86. The van der Waals surface area contributed by atoms with Gasteiger partial charge in [-0.3, -0.25) is 0 Å². The summed E-state index contributed by atoms with van der Waals surface area (Å²) in [4.78, 5) is 0. The molecule has 1 aromatic carbocycles. The summed E-state index contributed by atoms with van der Waals surface area (Å²) in [5.41, 5.74) is 1.03. The van der Waals surface area contributed by atoms with Gasteiger partial charge < -0.3 is 10.4 Å². The number of hydrogen-bond donors (Lipinski definition) is 2. The number of benzene rings is 1. The molecule has 0 amide bonds. The molecule has 1 aromatic rings. The lowest BCUT2D eigenvalue weighted by Gasteiger charge is -2.20. The standard InChI is InChI=1S/C15H23NO/c17-15(14-9-5-2-6-10-14)12-16-11-13-7-3-1-4-8-13/h2,5-6,9-10,13,15-17H,1,3-4,7-8,11-12H2/p+1/t15-/m0/s1. The molecule has 3 N–H and O–H groups in total. The van der Waals surface area contributed by atoms with Crippen LogP contribution in [0.1, 0.15) is 43.8 Å². The van der Waals surface area contributed by atoms with Crippen LogP contribution in [0.15, 0.2) is 30.3 Å². The zero-order valence-electron chi connectivity index (χ0n) is 10.5. The second-order valence-corrected chi connectivity index (χ2v) is 5.19. The Labute approximate surface area is 104 Å². The van der Waals surface area contributed by atoms with E-state index < -0.39 is 0 Å². The van der Waals surface area contributed by atoms with Gasteiger partial charge in [0.2, 0.25) is 0 Å². The fourth-order valence-electron chi connectivity index (χ4n) is 2.72. The summed E-state index contributed by atoms with van der Waals surface area (Å²) in [5, 5.41) is 12.3. The number of quaternary nitrogens is 1. The highest BCUT2D eigenvalue weighted by Gasteiger charge is 2.16. The molecule has 0 radical (unpaired) electrons. The van der Waals surface area contributed by atoms with Crippen molar-refractivity contribution in [3.63, 3.8) is 0 Å². The summed E-state index contributed by atoms with van der Waals surface area (Å²) in [6.45, 7) is 1.98. The first-order valence-electron chi connectivity index (χ1n) is 6.91. The molecule has 94 valence electrons. The molecule has 2 heteroatoms. The van der Waals surface area contributed by atoms with Crippen LogP contribution in [-0.2, 0) is 0 Å². The molecule has 0 heterocycles. The molecule has 1 aliphatic carbocycles. The lowest BCUT2D eigenvalue weighted by atomic mass is 9.89. The fraction of sp³-hybridized carbons (Fsp3) is 0.600. The van der Waals surface area contributed by atoms with E-state index in [1.165, 1.54) is 38.6 Å². The summed E-state index contributed by atoms with van der Waals surface area (Å²) in [6, 6.07) is 9.96. The summed E-state index contributed by atoms with van der Waals surface area (Å²) in [5.74, 6) is 0.881. The maximum Gasteiger partial charge on any atom is 0.128 e. The van der Waals surface area contributed by atoms with E-state index in [2.05, 4.69) is 5.32 Å². The molecule has 1 saturated carbocycles. The third-order valence-electron chi connectivity index (χ3n) is 3.80. The predicted octanol–water partition coefficient (Wildman–Crippen LogP) is 1.86. The smallest absolute Gasteiger partial charge is 0.128 e. The fourth-order valence-corrected chi connectivity index (χ4v) is 2.72. The van der Waals surface area contributed by atoms with E-state index in [1.807, 2.05) is 30.3 Å². The Hall–Kier alpha value is -0.860. The Balaban J connectivity index is 1.67. The molecule has 1 fully saturated rings. The van der Waals surface area contributed by atoms with Crippen molar-refractivity contribution >= 4 is 0 Å². The maximum absolute atomic E-state index is 10.0. The van der Waals surface area contributed by atoms with Crippen LogP contribution in [0, 0.1) is 5.92 Å². The van der Waals surface area contributed by atoms with Crippen LogP contribution in [-0.4, -0.2) is 18.2 Å². The summed E-state index contributed by atoms with van der Waals surface area (Å²) < 4.78 is 0. The Morgan fingerprint density at radius 3 is 2.53 bits per heavy atom. The van der Waals surface area contributed by atoms with E-state index >= 15 is 0 Å². The third kappa shape index (κ3) is 4.14. The van der Waals surface area contributed by atoms with E-state index in [4.69, 9.17) is 0 Å². The molecular formula is C15H24NO+. The van der Waals surface area contributed by atoms with Gasteiger partial charge in [0, 0.05) is 5.92 Å². The van der Waals surface area contributed by atoms with Crippen molar-refractivity contribution in [2.24, 2.45) is 5.92 Å². The second-order valence-electron chi connectivity index (χ2n) is 5.19. The van der Waals surface area contributed by atoms with E-state index in [1.54, 1.807) is 0 Å². The zero-order valence-corrected chi connectivity index (χ0v) is 10.5. The molecule has 1 atom stereocenters. The Bertz CT molecular complexity index is 306. The quantitative estimate of drug-likeness (QED) is 0.801. The molecule has 2 nitrogen and oxygen atoms in total. The molecule has 1 aliphatic rings. The predicted molar refractivity (Wildman–Crippen MR) is 69.6 cm³/mol. The third-order valence-corrected chi connectivity index (χ3v) is 3.80. The SMILES string of the molecule is O[C@@H](C[NH2+]CC1CCCCC1)c1ccccc1. The minimum Gasteiger partial charge on any atom is -0.382 e. The van der Waals surface area contributed by atoms with Crippen LogP contribution >= 0.6 is 0 Å². The first-order valence-corrected chi connectivity index (χ1v) is 6.91. The Morgan fingerprint density at radius 2 is 1.82 bits per heavy atom. The van der Waals surface area contributed by atoms with Gasteiger partial charge in [-0.15, -0.1) is 0 Å². The van der Waals surface area contributed by atoms with Crippen molar-refractivity contribution in [1.29, 1.82) is 0 Å². The van der Waals surface area contributed by atoms with Gasteiger partial charge in [-0.2, -0.15) is 0 Å². The van der Waals surface area contributed by atoms with Gasteiger partial charge in [0.15, 0.2) is 0 Å². The van der Waals surface area contributed by atoms with Gasteiger partial charge in [-0.1, -0.05) is 49.6 Å². The van der Waals surface area contributed by atoms with Gasteiger partial charge in [0.1, 0.15) is 12.6 Å². The van der Waals surface area contributed by atoms with Crippen molar-refractivity contribution < 1.29 is 10.4 Å². The van der Waals surface area contributed by atoms with Crippen LogP contribution in [0.25, 0.3) is 0 Å². The average Bonchev–Trinajstić information content (AvgIpc) is 2.41. The molecule has 0 unspecified atom stereocenters. The van der Waals surface area contributed by atoms with Crippen molar-refractivity contribution in [2.75, 3.05) is 13.1 Å². The van der Waals surface area contributed by atoms with Crippen molar-refractivity contribution in [3.8, 4) is 0 Å². The summed E-state index contributed by atoms with van der Waals surface area (Å²) in [7, 11) is 0. The molecule has 0 saturated heterocycles. The molecule has 0 aliphatic heterocycles. The van der Waals surface area contributed by atoms with E-state index in [-0.39, 0.29) is 6.10 Å². The van der Waals surface area contributed by atoms with Gasteiger partial charge in [0.05, 0.1) is 6.54 Å². The zero-order chi connectivity index (χ0) is 11.9. The molecular weight excluding hydrogens is 210 g/mol. The van der Waals surface area contributed by atoms with E-state index in [9.17, 15) is 5.11 Å². The van der Waals surface area contributed by atoms with Crippen LogP contribution in [0.3, 0.4) is 0 Å². The van der Waals surface area contributed by atoms with Crippen LogP contribution in [0.4, 0.5) is 0 Å². The monoisotopic (exact) mass is 234 g/mol. The van der Waals surface area contributed by atoms with Crippen molar-refractivity contribution in [2.45, 2.75) is 38.2 Å². The minimum atomic E-state index is -0.320. The maximum atomic E-state index is 10.0. The number of aliphatic hydroxyl groups is 1. The van der Waals surface area contributed by atoms with Crippen LogP contribution in [0.2, 0.25) is 0 Å². The van der Waals surface area contributed by atoms with Gasteiger partial charge in [-0.05, 0) is 18.4 Å². The highest BCUT2D eigenvalue weighted by molar-refractivity contribution is 5.16. The first-order chi connectivity index (χ1) is 8.36. The number of nitrogens with two attached hydrogens (primary N) is 1. The summed E-state index contributed by atoms with van der Waals surface area (Å²) >= 11 is 0. The Morgan fingerprint density at radius 1 is 1.12 bits per heavy atom. The van der Waals surface area contributed by atoms with Crippen molar-refractivity contribution in [1.82, 2.24) is 0 Å². The van der Waals surface area contributed by atoms with Gasteiger partial charge in [-0.25, -0.2) is 0 Å². The highest BCUT2D eigenvalue weighted by atomic mass is 16.3. The molecule has 0 bridgehead atoms. The first kappa shape index (κ1) is 12.6. The van der Waals surface area contributed by atoms with E-state index in [0.29, 0.717) is 0 Å². The lowest BCUT2D eigenvalue weighted by molar-refractivity contribution is -0.667. The van der Waals surface area contributed by atoms with E-state index in [0.717, 1.165) is 18.0 Å². The topological polar surface area (TPSA) is 36.8 Å².